The predicted octanol–water partition coefficient (Wildman–Crippen LogP) is 2.77. The number of hydrogen-bond donors (Lipinski definition) is 1. The Balaban J connectivity index is 1.28. The number of urea groups is 1. The van der Waals surface area contributed by atoms with Crippen molar-refractivity contribution in [2.75, 3.05) is 71.4 Å². The summed E-state index contributed by atoms with van der Waals surface area (Å²) in [5.74, 6) is -0.642. The zero-order valence-corrected chi connectivity index (χ0v) is 29.9. The Kier molecular flexibility index (Phi) is 8.81. The van der Waals surface area contributed by atoms with Crippen LogP contribution in [-0.4, -0.2) is 113 Å². The summed E-state index contributed by atoms with van der Waals surface area (Å²) in [7, 11) is 0.209. The van der Waals surface area contributed by atoms with E-state index in [1.807, 2.05) is 0 Å². The smallest absolute Gasteiger partial charge is 0.318 e. The lowest BCUT2D eigenvalue weighted by Gasteiger charge is -2.62. The number of nitrogens with zero attached hydrogens (tertiary/aromatic N) is 6. The number of benzene rings is 2. The van der Waals surface area contributed by atoms with Crippen LogP contribution >= 0.6 is 0 Å². The third kappa shape index (κ3) is 5.62. The van der Waals surface area contributed by atoms with Gasteiger partial charge in [0.1, 0.15) is 16.4 Å². The molecule has 0 saturated carbocycles. The molecule has 7 rings (SSSR count). The summed E-state index contributed by atoms with van der Waals surface area (Å²) in [6.45, 7) is 6.87. The minimum absolute atomic E-state index is 0.0233. The lowest BCUT2D eigenvalue weighted by Crippen LogP contribution is -2.76. The van der Waals surface area contributed by atoms with E-state index in [9.17, 15) is 18.5 Å². The molecule has 2 aromatic carbocycles. The summed E-state index contributed by atoms with van der Waals surface area (Å²) in [5, 5.41) is 12.9. The monoisotopic (exact) mass is 715 g/mol. The topological polar surface area (TPSA) is 158 Å². The highest BCUT2D eigenvalue weighted by molar-refractivity contribution is 7.93. The van der Waals surface area contributed by atoms with Crippen LogP contribution in [0.15, 0.2) is 59.6 Å². The summed E-state index contributed by atoms with van der Waals surface area (Å²) in [4.78, 5) is 40.0. The Hall–Kier alpha value is -4.91. The van der Waals surface area contributed by atoms with E-state index in [2.05, 4.69) is 33.2 Å². The van der Waals surface area contributed by atoms with Gasteiger partial charge in [0.25, 0.3) is 15.9 Å². The van der Waals surface area contributed by atoms with Gasteiger partial charge in [-0.2, -0.15) is 9.57 Å². The molecule has 268 valence electrons. The molecule has 3 aromatic rings. The van der Waals surface area contributed by atoms with E-state index in [0.717, 1.165) is 39.0 Å². The number of rotatable bonds is 9. The fraction of sp³-hybridized carbons (Fsp3) is 0.444. The van der Waals surface area contributed by atoms with E-state index in [0.29, 0.717) is 29.2 Å². The van der Waals surface area contributed by atoms with Gasteiger partial charge >= 0.3 is 6.03 Å². The number of fused-ring (bicyclic) bond motifs is 1. The molecule has 0 aliphatic carbocycles. The van der Waals surface area contributed by atoms with Gasteiger partial charge in [-0.1, -0.05) is 0 Å². The van der Waals surface area contributed by atoms with Crippen LogP contribution in [0.4, 0.5) is 10.5 Å². The van der Waals surface area contributed by atoms with Crippen LogP contribution in [-0.2, 0) is 20.4 Å². The number of amides is 3. The summed E-state index contributed by atoms with van der Waals surface area (Å²) in [5.41, 5.74) is -1.80. The van der Waals surface area contributed by atoms with Gasteiger partial charge in [-0.25, -0.2) is 18.2 Å². The van der Waals surface area contributed by atoms with Crippen LogP contribution in [0, 0.1) is 16.7 Å². The Morgan fingerprint density at radius 2 is 1.78 bits per heavy atom. The van der Waals surface area contributed by atoms with Gasteiger partial charge in [-0.05, 0) is 82.4 Å². The molecule has 15 heteroatoms. The van der Waals surface area contributed by atoms with Crippen molar-refractivity contribution in [1.29, 1.82) is 5.26 Å². The normalized spacial score (nSPS) is 21.7. The van der Waals surface area contributed by atoms with Crippen LogP contribution in [0.5, 0.6) is 17.4 Å². The van der Waals surface area contributed by atoms with Gasteiger partial charge in [-0.15, -0.1) is 0 Å². The molecule has 0 radical (unpaired) electrons. The average molecular weight is 716 g/mol. The van der Waals surface area contributed by atoms with Gasteiger partial charge in [-0.3, -0.25) is 9.69 Å². The molecule has 51 heavy (non-hydrogen) atoms. The highest BCUT2D eigenvalue weighted by Gasteiger charge is 2.61. The molecule has 4 aliphatic rings. The molecule has 3 fully saturated rings. The van der Waals surface area contributed by atoms with Gasteiger partial charge in [0, 0.05) is 55.5 Å². The van der Waals surface area contributed by atoms with Crippen LogP contribution in [0.1, 0.15) is 36.5 Å². The van der Waals surface area contributed by atoms with Gasteiger partial charge in [0.15, 0.2) is 5.54 Å². The van der Waals surface area contributed by atoms with Crippen molar-refractivity contribution < 1.29 is 32.2 Å². The quantitative estimate of drug-likeness (QED) is 0.348. The molecule has 1 N–H and O–H groups in total. The molecule has 3 saturated heterocycles. The second kappa shape index (κ2) is 13.0. The van der Waals surface area contributed by atoms with E-state index >= 15 is 4.79 Å². The largest absolute Gasteiger partial charge is 0.497 e. The summed E-state index contributed by atoms with van der Waals surface area (Å²) >= 11 is 0. The first-order chi connectivity index (χ1) is 24.5. The number of piperidine rings is 1. The van der Waals surface area contributed by atoms with Crippen LogP contribution in [0.2, 0.25) is 0 Å². The van der Waals surface area contributed by atoms with Gasteiger partial charge in [0.2, 0.25) is 5.88 Å². The second-order valence-corrected chi connectivity index (χ2v) is 15.5. The zero-order valence-electron chi connectivity index (χ0n) is 29.1. The highest BCUT2D eigenvalue weighted by Crippen LogP contribution is 2.50. The Labute approximate surface area is 297 Å². The number of carbonyl (C=O) groups excluding carboxylic acids is 2. The molecule has 0 unspecified atom stereocenters. The molecule has 3 amide bonds. The number of sulfonamides is 1. The maximum Gasteiger partial charge on any atom is 0.318 e. The molecule has 1 aromatic heterocycles. The van der Waals surface area contributed by atoms with Crippen molar-refractivity contribution in [2.45, 2.75) is 36.2 Å². The molecule has 14 nitrogen and oxygen atoms in total. The van der Waals surface area contributed by atoms with E-state index in [4.69, 9.17) is 14.2 Å². The van der Waals surface area contributed by atoms with Crippen molar-refractivity contribution in [3.05, 3.63) is 71.4 Å². The third-order valence-electron chi connectivity index (χ3n) is 10.5. The van der Waals surface area contributed by atoms with E-state index in [1.165, 1.54) is 56.8 Å². The van der Waals surface area contributed by atoms with Crippen molar-refractivity contribution >= 4 is 27.6 Å². The molecular formula is C36H41N7O7S. The van der Waals surface area contributed by atoms with Crippen molar-refractivity contribution in [1.82, 2.24) is 25.0 Å². The molecule has 5 heterocycles. The summed E-state index contributed by atoms with van der Waals surface area (Å²) < 4.78 is 46.5. The number of anilines is 1. The van der Waals surface area contributed by atoms with E-state index < -0.39 is 27.5 Å². The highest BCUT2D eigenvalue weighted by atomic mass is 32.2. The number of ether oxygens (including phenoxy) is 3. The fourth-order valence-electron chi connectivity index (χ4n) is 7.94. The van der Waals surface area contributed by atoms with Gasteiger partial charge in [0.05, 0.1) is 43.7 Å². The maximum absolute atomic E-state index is 15.2. The lowest BCUT2D eigenvalue weighted by molar-refractivity contribution is -0.124. The fourth-order valence-corrected chi connectivity index (χ4v) is 9.55. The number of carbonyl (C=O) groups is 2. The Bertz CT molecular complexity index is 2010. The SMILES string of the molecule is CCOc1ncccc1[C@@]1(NC(=O)N2CC3(C2)CN(C2CCN(C)CC2)C3)C(=O)N(S(=O)(=O)c2ccc(OC)cc2OC)c2ccc(C#N)cc21. The van der Waals surface area contributed by atoms with Crippen LogP contribution in [0.25, 0.3) is 0 Å². The third-order valence-corrected chi connectivity index (χ3v) is 12.3. The predicted molar refractivity (Wildman–Crippen MR) is 186 cm³/mol. The number of nitriles is 1. The summed E-state index contributed by atoms with van der Waals surface area (Å²) in [6, 6.07) is 13.6. The number of pyridine rings is 1. The van der Waals surface area contributed by atoms with E-state index in [1.54, 1.807) is 24.0 Å². The number of likely N-dealkylation sites (tertiary alicyclic amines) is 3. The minimum Gasteiger partial charge on any atom is -0.497 e. The summed E-state index contributed by atoms with van der Waals surface area (Å²) in [6.07, 6.45) is 3.74. The van der Waals surface area contributed by atoms with Crippen molar-refractivity contribution in [3.63, 3.8) is 0 Å². The minimum atomic E-state index is -4.69. The molecule has 1 atom stereocenters. The number of methoxy groups -OCH3 is 2. The molecular weight excluding hydrogens is 675 g/mol. The van der Waals surface area contributed by atoms with Crippen LogP contribution < -0.4 is 23.8 Å². The van der Waals surface area contributed by atoms with Gasteiger partial charge < -0.3 is 29.3 Å². The standard InChI is InChI=1S/C36H41N7O7S/c1-5-50-32-27(7-6-14-38-32)36(39-34(45)42-22-35(23-42)20-41(21-35)25-12-15-40(2)16-13-25)28-17-24(19-37)8-10-29(28)43(33(36)44)51(46,47)31-11-9-26(48-3)18-30(31)49-4/h6-11,14,17-18,25H,5,12-13,15-16,20-23H2,1-4H3,(H,39,45)/t36-/m0/s1. The number of aromatic nitrogens is 1. The zero-order chi connectivity index (χ0) is 36.1. The molecule has 4 aliphatic heterocycles. The lowest BCUT2D eigenvalue weighted by atomic mass is 9.71. The number of nitrogens with one attached hydrogen (secondary N) is 1. The maximum atomic E-state index is 15.2. The van der Waals surface area contributed by atoms with Crippen molar-refractivity contribution in [2.24, 2.45) is 5.41 Å². The Morgan fingerprint density at radius 1 is 1.04 bits per heavy atom. The Morgan fingerprint density at radius 3 is 2.45 bits per heavy atom. The second-order valence-electron chi connectivity index (χ2n) is 13.7. The first-order valence-corrected chi connectivity index (χ1v) is 18.4. The number of hydrogen-bond acceptors (Lipinski definition) is 11. The first kappa shape index (κ1) is 34.5. The van der Waals surface area contributed by atoms with Crippen LogP contribution in [0.3, 0.4) is 0 Å². The first-order valence-electron chi connectivity index (χ1n) is 16.9. The molecule has 0 bridgehead atoms. The van der Waals surface area contributed by atoms with Crippen molar-refractivity contribution in [3.8, 4) is 23.4 Å². The average Bonchev–Trinajstić information content (AvgIpc) is 3.35. The van der Waals surface area contributed by atoms with E-state index in [-0.39, 0.29) is 50.9 Å². The molecule has 1 spiro atoms.